The minimum absolute atomic E-state index is 0.212. The number of nitro benzene ring substituents is 1. The molecule has 0 aromatic heterocycles. The molecule has 0 heterocycles. The van der Waals surface area contributed by atoms with E-state index in [2.05, 4.69) is 0 Å². The van der Waals surface area contributed by atoms with E-state index in [0.29, 0.717) is 5.56 Å². The standard InChI is InChI=1S/C10H12FNO2/c1-10(2,3)8-5-4-7(12(13)14)6-9(8)11/h4-6H,1-3H3. The highest BCUT2D eigenvalue weighted by Crippen LogP contribution is 2.27. The summed E-state index contributed by atoms with van der Waals surface area (Å²) in [4.78, 5) is 9.75. The molecule has 0 bridgehead atoms. The molecule has 0 N–H and O–H groups in total. The van der Waals surface area contributed by atoms with E-state index in [1.807, 2.05) is 20.8 Å². The topological polar surface area (TPSA) is 43.1 Å². The van der Waals surface area contributed by atoms with Crippen molar-refractivity contribution in [2.75, 3.05) is 0 Å². The van der Waals surface area contributed by atoms with Gasteiger partial charge >= 0.3 is 0 Å². The van der Waals surface area contributed by atoms with Gasteiger partial charge in [-0.25, -0.2) is 4.39 Å². The van der Waals surface area contributed by atoms with Crippen LogP contribution >= 0.6 is 0 Å². The van der Waals surface area contributed by atoms with E-state index in [-0.39, 0.29) is 11.1 Å². The smallest absolute Gasteiger partial charge is 0.258 e. The summed E-state index contributed by atoms with van der Waals surface area (Å²) < 4.78 is 13.4. The molecule has 1 aromatic rings. The number of halogens is 1. The Bertz CT molecular complexity index is 369. The number of hydrogen-bond donors (Lipinski definition) is 0. The van der Waals surface area contributed by atoms with Gasteiger partial charge in [-0.2, -0.15) is 0 Å². The van der Waals surface area contributed by atoms with Gasteiger partial charge in [-0.05, 0) is 17.0 Å². The molecular formula is C10H12FNO2. The highest BCUT2D eigenvalue weighted by atomic mass is 19.1. The molecule has 0 saturated carbocycles. The first-order valence-electron chi connectivity index (χ1n) is 4.27. The molecule has 1 rings (SSSR count). The van der Waals surface area contributed by atoms with Crippen molar-refractivity contribution in [1.82, 2.24) is 0 Å². The summed E-state index contributed by atoms with van der Waals surface area (Å²) in [6.07, 6.45) is 0. The monoisotopic (exact) mass is 197 g/mol. The highest BCUT2D eigenvalue weighted by Gasteiger charge is 2.20. The maximum absolute atomic E-state index is 13.4. The van der Waals surface area contributed by atoms with Gasteiger partial charge in [-0.15, -0.1) is 0 Å². The summed E-state index contributed by atoms with van der Waals surface area (Å²) >= 11 is 0. The Morgan fingerprint density at radius 2 is 1.93 bits per heavy atom. The quantitative estimate of drug-likeness (QED) is 0.513. The maximum atomic E-state index is 13.4. The van der Waals surface area contributed by atoms with Gasteiger partial charge < -0.3 is 0 Å². The highest BCUT2D eigenvalue weighted by molar-refractivity contribution is 5.36. The molecule has 0 atom stereocenters. The lowest BCUT2D eigenvalue weighted by atomic mass is 9.86. The molecular weight excluding hydrogens is 185 g/mol. The third-order valence-corrected chi connectivity index (χ3v) is 1.97. The summed E-state index contributed by atoms with van der Waals surface area (Å²) in [7, 11) is 0. The average molecular weight is 197 g/mol. The first-order chi connectivity index (χ1) is 6.32. The Morgan fingerprint density at radius 3 is 2.29 bits per heavy atom. The third kappa shape index (κ3) is 2.07. The van der Waals surface area contributed by atoms with Crippen LogP contribution < -0.4 is 0 Å². The normalized spacial score (nSPS) is 11.4. The molecule has 1 aromatic carbocycles. The Kier molecular flexibility index (Phi) is 2.55. The molecule has 3 nitrogen and oxygen atoms in total. The second kappa shape index (κ2) is 3.36. The van der Waals surface area contributed by atoms with Crippen molar-refractivity contribution in [2.45, 2.75) is 26.2 Å². The van der Waals surface area contributed by atoms with Crippen molar-refractivity contribution in [1.29, 1.82) is 0 Å². The molecule has 0 aliphatic heterocycles. The van der Waals surface area contributed by atoms with Crippen LogP contribution in [0.15, 0.2) is 18.2 Å². The van der Waals surface area contributed by atoms with Crippen LogP contribution in [0.5, 0.6) is 0 Å². The largest absolute Gasteiger partial charge is 0.272 e. The number of nitro groups is 1. The van der Waals surface area contributed by atoms with Gasteiger partial charge in [0, 0.05) is 6.07 Å². The fraction of sp³-hybridized carbons (Fsp3) is 0.400. The van der Waals surface area contributed by atoms with E-state index in [1.165, 1.54) is 12.1 Å². The Balaban J connectivity index is 3.21. The average Bonchev–Trinajstić information content (AvgIpc) is 2.01. The molecule has 0 spiro atoms. The molecule has 0 amide bonds. The van der Waals surface area contributed by atoms with Crippen LogP contribution in [0, 0.1) is 15.9 Å². The van der Waals surface area contributed by atoms with Crippen molar-refractivity contribution in [3.63, 3.8) is 0 Å². The van der Waals surface area contributed by atoms with Crippen molar-refractivity contribution >= 4 is 5.69 Å². The van der Waals surface area contributed by atoms with E-state index < -0.39 is 10.7 Å². The van der Waals surface area contributed by atoms with Crippen molar-refractivity contribution in [2.24, 2.45) is 0 Å². The van der Waals surface area contributed by atoms with E-state index >= 15 is 0 Å². The van der Waals surface area contributed by atoms with Crippen molar-refractivity contribution in [3.8, 4) is 0 Å². The lowest BCUT2D eigenvalue weighted by Gasteiger charge is -2.19. The first-order valence-corrected chi connectivity index (χ1v) is 4.27. The summed E-state index contributed by atoms with van der Waals surface area (Å²) in [6.45, 7) is 5.58. The molecule has 4 heteroatoms. The van der Waals surface area contributed by atoms with Gasteiger partial charge in [0.1, 0.15) is 5.82 Å². The van der Waals surface area contributed by atoms with Gasteiger partial charge in [0.25, 0.3) is 5.69 Å². The Hall–Kier alpha value is -1.45. The molecule has 0 radical (unpaired) electrons. The predicted octanol–water partition coefficient (Wildman–Crippen LogP) is 3.03. The number of hydrogen-bond acceptors (Lipinski definition) is 2. The second-order valence-corrected chi connectivity index (χ2v) is 4.17. The lowest BCUT2D eigenvalue weighted by molar-refractivity contribution is -0.385. The number of rotatable bonds is 1. The van der Waals surface area contributed by atoms with E-state index in [4.69, 9.17) is 0 Å². The Morgan fingerprint density at radius 1 is 1.36 bits per heavy atom. The van der Waals surface area contributed by atoms with Crippen LogP contribution in [0.4, 0.5) is 10.1 Å². The minimum atomic E-state index is -0.602. The van der Waals surface area contributed by atoms with Crippen molar-refractivity contribution in [3.05, 3.63) is 39.7 Å². The summed E-state index contributed by atoms with van der Waals surface area (Å²) in [5.41, 5.74) is -0.0576. The maximum Gasteiger partial charge on any atom is 0.272 e. The summed E-state index contributed by atoms with van der Waals surface area (Å²) in [5, 5.41) is 10.4. The van der Waals surface area contributed by atoms with Crippen LogP contribution in [0.2, 0.25) is 0 Å². The number of non-ortho nitro benzene ring substituents is 1. The molecule has 14 heavy (non-hydrogen) atoms. The predicted molar refractivity (Wildman–Crippen MR) is 51.8 cm³/mol. The minimum Gasteiger partial charge on any atom is -0.258 e. The lowest BCUT2D eigenvalue weighted by Crippen LogP contribution is -2.13. The van der Waals surface area contributed by atoms with Crippen LogP contribution in [0.1, 0.15) is 26.3 Å². The number of benzene rings is 1. The van der Waals surface area contributed by atoms with Crippen LogP contribution in [-0.4, -0.2) is 4.92 Å². The second-order valence-electron chi connectivity index (χ2n) is 4.17. The fourth-order valence-electron chi connectivity index (χ4n) is 1.23. The summed E-state index contributed by atoms with van der Waals surface area (Å²) in [5.74, 6) is -0.522. The summed E-state index contributed by atoms with van der Waals surface area (Å²) in [6, 6.07) is 3.75. The van der Waals surface area contributed by atoms with Crippen LogP contribution in [0.25, 0.3) is 0 Å². The Labute approximate surface area is 81.7 Å². The van der Waals surface area contributed by atoms with Gasteiger partial charge in [0.05, 0.1) is 11.0 Å². The fourth-order valence-corrected chi connectivity index (χ4v) is 1.23. The van der Waals surface area contributed by atoms with Crippen LogP contribution in [-0.2, 0) is 5.41 Å². The van der Waals surface area contributed by atoms with Crippen molar-refractivity contribution < 1.29 is 9.31 Å². The van der Waals surface area contributed by atoms with Gasteiger partial charge in [-0.3, -0.25) is 10.1 Å². The van der Waals surface area contributed by atoms with Gasteiger partial charge in [0.2, 0.25) is 0 Å². The van der Waals surface area contributed by atoms with Gasteiger partial charge in [0.15, 0.2) is 0 Å². The molecule has 0 saturated heterocycles. The van der Waals surface area contributed by atoms with Crippen LogP contribution in [0.3, 0.4) is 0 Å². The molecule has 0 fully saturated rings. The third-order valence-electron chi connectivity index (χ3n) is 1.97. The molecule has 0 aliphatic rings. The zero-order chi connectivity index (χ0) is 10.9. The van der Waals surface area contributed by atoms with Gasteiger partial charge in [-0.1, -0.05) is 20.8 Å². The number of nitrogens with zero attached hydrogens (tertiary/aromatic N) is 1. The molecule has 76 valence electrons. The van der Waals surface area contributed by atoms with E-state index in [1.54, 1.807) is 0 Å². The SMILES string of the molecule is CC(C)(C)c1ccc([N+](=O)[O-])cc1F. The molecule has 0 aliphatic carbocycles. The first kappa shape index (κ1) is 10.6. The van der Waals surface area contributed by atoms with E-state index in [0.717, 1.165) is 6.07 Å². The zero-order valence-corrected chi connectivity index (χ0v) is 8.37. The molecule has 0 unspecified atom stereocenters. The van der Waals surface area contributed by atoms with E-state index in [9.17, 15) is 14.5 Å². The zero-order valence-electron chi connectivity index (χ0n) is 8.37.